The number of aromatic nitrogens is 2. The van der Waals surface area contributed by atoms with Crippen molar-refractivity contribution in [3.8, 4) is 5.75 Å². The van der Waals surface area contributed by atoms with Gasteiger partial charge in [0.25, 0.3) is 0 Å². The Morgan fingerprint density at radius 2 is 2.10 bits per heavy atom. The third-order valence-corrected chi connectivity index (χ3v) is 3.61. The molecule has 0 fully saturated rings. The molecule has 0 atom stereocenters. The first-order valence-electron chi connectivity index (χ1n) is 7.12. The quantitative estimate of drug-likeness (QED) is 0.683. The van der Waals surface area contributed by atoms with Gasteiger partial charge >= 0.3 is 0 Å². The molecule has 1 heterocycles. The summed E-state index contributed by atoms with van der Waals surface area (Å²) in [5, 5.41) is 5.94. The summed E-state index contributed by atoms with van der Waals surface area (Å²) in [7, 11) is 1.72. The fourth-order valence-corrected chi connectivity index (χ4v) is 2.54. The zero-order valence-electron chi connectivity index (χ0n) is 12.1. The number of ether oxygens (including phenoxy) is 1. The number of methoxy groups -OCH3 is 1. The molecular formula is C17H19N3O. The van der Waals surface area contributed by atoms with Gasteiger partial charge in [-0.25, -0.2) is 4.98 Å². The Hall–Kier alpha value is -2.33. The molecule has 0 unspecified atom stereocenters. The number of nitrogens with zero attached hydrogens (tertiary/aromatic N) is 1. The Labute approximate surface area is 124 Å². The first kappa shape index (κ1) is 13.6. The van der Waals surface area contributed by atoms with Crippen LogP contribution in [0.1, 0.15) is 11.4 Å². The molecule has 4 nitrogen and oxygen atoms in total. The number of H-pyrrole nitrogens is 1. The van der Waals surface area contributed by atoms with Crippen molar-refractivity contribution in [1.29, 1.82) is 0 Å². The predicted molar refractivity (Wildman–Crippen MR) is 84.5 cm³/mol. The van der Waals surface area contributed by atoms with Gasteiger partial charge in [0.2, 0.25) is 0 Å². The van der Waals surface area contributed by atoms with E-state index in [-0.39, 0.29) is 0 Å². The number of rotatable bonds is 6. The van der Waals surface area contributed by atoms with Crippen LogP contribution in [0.25, 0.3) is 10.8 Å². The molecule has 0 spiro atoms. The number of hydrogen-bond acceptors (Lipinski definition) is 3. The van der Waals surface area contributed by atoms with Crippen LogP contribution in [0.2, 0.25) is 0 Å². The van der Waals surface area contributed by atoms with Crippen molar-refractivity contribution in [3.05, 3.63) is 60.2 Å². The van der Waals surface area contributed by atoms with Crippen LogP contribution in [-0.2, 0) is 13.0 Å². The van der Waals surface area contributed by atoms with Gasteiger partial charge in [0.1, 0.15) is 11.6 Å². The van der Waals surface area contributed by atoms with E-state index in [1.807, 2.05) is 12.3 Å². The summed E-state index contributed by atoms with van der Waals surface area (Å²) in [6.07, 6.45) is 4.52. The van der Waals surface area contributed by atoms with Crippen molar-refractivity contribution in [3.63, 3.8) is 0 Å². The van der Waals surface area contributed by atoms with Crippen molar-refractivity contribution in [2.75, 3.05) is 13.7 Å². The zero-order chi connectivity index (χ0) is 14.5. The monoisotopic (exact) mass is 281 g/mol. The third-order valence-electron chi connectivity index (χ3n) is 3.61. The van der Waals surface area contributed by atoms with Gasteiger partial charge in [0, 0.05) is 37.5 Å². The van der Waals surface area contributed by atoms with Crippen molar-refractivity contribution < 1.29 is 4.74 Å². The minimum Gasteiger partial charge on any atom is -0.496 e. The first-order valence-corrected chi connectivity index (χ1v) is 7.12. The Morgan fingerprint density at radius 3 is 2.90 bits per heavy atom. The highest BCUT2D eigenvalue weighted by atomic mass is 16.5. The summed E-state index contributed by atoms with van der Waals surface area (Å²) in [4.78, 5) is 7.34. The molecule has 2 aromatic carbocycles. The molecular weight excluding hydrogens is 262 g/mol. The van der Waals surface area contributed by atoms with Gasteiger partial charge in [-0.3, -0.25) is 0 Å². The molecule has 0 radical (unpaired) electrons. The predicted octanol–water partition coefficient (Wildman–Crippen LogP) is 2.90. The smallest absolute Gasteiger partial charge is 0.123 e. The van der Waals surface area contributed by atoms with Crippen LogP contribution < -0.4 is 10.1 Å². The molecule has 0 aliphatic rings. The number of hydrogen-bond donors (Lipinski definition) is 2. The fraction of sp³-hybridized carbons (Fsp3) is 0.235. The van der Waals surface area contributed by atoms with Gasteiger partial charge in [-0.2, -0.15) is 0 Å². The van der Waals surface area contributed by atoms with Gasteiger partial charge < -0.3 is 15.0 Å². The molecule has 0 bridgehead atoms. The molecule has 3 aromatic rings. The first-order chi connectivity index (χ1) is 10.4. The van der Waals surface area contributed by atoms with Gasteiger partial charge in [0.05, 0.1) is 7.11 Å². The van der Waals surface area contributed by atoms with E-state index < -0.39 is 0 Å². The normalized spacial score (nSPS) is 10.9. The largest absolute Gasteiger partial charge is 0.496 e. The Morgan fingerprint density at radius 1 is 1.19 bits per heavy atom. The number of nitrogens with one attached hydrogen (secondary N) is 2. The van der Waals surface area contributed by atoms with Crippen LogP contribution in [0.15, 0.2) is 48.8 Å². The van der Waals surface area contributed by atoms with Gasteiger partial charge in [0.15, 0.2) is 0 Å². The van der Waals surface area contributed by atoms with Crippen LogP contribution in [-0.4, -0.2) is 23.6 Å². The number of fused-ring (bicyclic) bond motifs is 1. The van der Waals surface area contributed by atoms with E-state index in [2.05, 4.69) is 45.6 Å². The molecule has 0 saturated carbocycles. The standard InChI is InChI=1S/C17H19N3O/c1-21-16-7-6-13-4-2-3-5-14(13)15(16)12-18-9-8-17-19-10-11-20-17/h2-7,10-11,18H,8-9,12H2,1H3,(H,19,20). The zero-order valence-corrected chi connectivity index (χ0v) is 12.1. The topological polar surface area (TPSA) is 49.9 Å². The van der Waals surface area contributed by atoms with Gasteiger partial charge in [-0.05, 0) is 16.8 Å². The molecule has 0 amide bonds. The molecule has 2 N–H and O–H groups in total. The molecule has 4 heteroatoms. The second kappa shape index (κ2) is 6.41. The lowest BCUT2D eigenvalue weighted by Gasteiger charge is -2.12. The summed E-state index contributed by atoms with van der Waals surface area (Å²) in [6, 6.07) is 12.5. The maximum absolute atomic E-state index is 5.50. The average molecular weight is 281 g/mol. The Balaban J connectivity index is 1.72. The Bertz CT molecular complexity index is 707. The van der Waals surface area contributed by atoms with Crippen molar-refractivity contribution in [2.24, 2.45) is 0 Å². The maximum Gasteiger partial charge on any atom is 0.123 e. The van der Waals surface area contributed by atoms with E-state index in [9.17, 15) is 0 Å². The second-order valence-corrected chi connectivity index (χ2v) is 4.93. The summed E-state index contributed by atoms with van der Waals surface area (Å²) in [5.41, 5.74) is 1.20. The summed E-state index contributed by atoms with van der Waals surface area (Å²) in [5.74, 6) is 1.94. The highest BCUT2D eigenvalue weighted by molar-refractivity contribution is 5.87. The Kier molecular flexibility index (Phi) is 4.17. The number of imidazole rings is 1. The lowest BCUT2D eigenvalue weighted by molar-refractivity contribution is 0.409. The van der Waals surface area contributed by atoms with Crippen LogP contribution in [0.4, 0.5) is 0 Å². The third kappa shape index (κ3) is 3.06. The maximum atomic E-state index is 5.50. The molecule has 0 saturated heterocycles. The lowest BCUT2D eigenvalue weighted by atomic mass is 10.0. The number of benzene rings is 2. The van der Waals surface area contributed by atoms with Crippen LogP contribution in [0.3, 0.4) is 0 Å². The van der Waals surface area contributed by atoms with Gasteiger partial charge in [-0.15, -0.1) is 0 Å². The molecule has 0 aliphatic heterocycles. The lowest BCUT2D eigenvalue weighted by Crippen LogP contribution is -2.18. The van der Waals surface area contributed by atoms with Crippen LogP contribution in [0.5, 0.6) is 5.75 Å². The van der Waals surface area contributed by atoms with E-state index in [0.717, 1.165) is 31.1 Å². The summed E-state index contributed by atoms with van der Waals surface area (Å²) < 4.78 is 5.50. The average Bonchev–Trinajstić information content (AvgIpc) is 3.04. The molecule has 3 rings (SSSR count). The van der Waals surface area contributed by atoms with E-state index in [1.165, 1.54) is 16.3 Å². The molecule has 108 valence electrons. The van der Waals surface area contributed by atoms with Crippen molar-refractivity contribution in [1.82, 2.24) is 15.3 Å². The van der Waals surface area contributed by atoms with Crippen molar-refractivity contribution in [2.45, 2.75) is 13.0 Å². The molecule has 21 heavy (non-hydrogen) atoms. The molecule has 0 aliphatic carbocycles. The summed E-state index contributed by atoms with van der Waals surface area (Å²) in [6.45, 7) is 1.66. The molecule has 1 aromatic heterocycles. The second-order valence-electron chi connectivity index (χ2n) is 4.93. The van der Waals surface area contributed by atoms with Gasteiger partial charge in [-0.1, -0.05) is 30.3 Å². The minimum absolute atomic E-state index is 0.783. The van der Waals surface area contributed by atoms with Crippen LogP contribution in [0, 0.1) is 0 Å². The highest BCUT2D eigenvalue weighted by Crippen LogP contribution is 2.27. The van der Waals surface area contributed by atoms with E-state index in [1.54, 1.807) is 13.3 Å². The highest BCUT2D eigenvalue weighted by Gasteiger charge is 2.07. The van der Waals surface area contributed by atoms with E-state index >= 15 is 0 Å². The van der Waals surface area contributed by atoms with E-state index in [4.69, 9.17) is 4.74 Å². The SMILES string of the molecule is COc1ccc2ccccc2c1CNCCc1ncc[nH]1. The van der Waals surface area contributed by atoms with Crippen molar-refractivity contribution >= 4 is 10.8 Å². The summed E-state index contributed by atoms with van der Waals surface area (Å²) >= 11 is 0. The minimum atomic E-state index is 0.783. The van der Waals surface area contributed by atoms with E-state index in [0.29, 0.717) is 0 Å². The fourth-order valence-electron chi connectivity index (χ4n) is 2.54. The number of aromatic amines is 1. The van der Waals surface area contributed by atoms with Crippen LogP contribution >= 0.6 is 0 Å².